The first kappa shape index (κ1) is 26.5. The lowest BCUT2D eigenvalue weighted by Crippen LogP contribution is -2.56. The molecule has 9 nitrogen and oxygen atoms in total. The second-order valence-electron chi connectivity index (χ2n) is 11.1. The third-order valence-corrected chi connectivity index (χ3v) is 8.61. The minimum absolute atomic E-state index is 0.00513. The highest BCUT2D eigenvalue weighted by atomic mass is 16.5. The van der Waals surface area contributed by atoms with Gasteiger partial charge in [-0.2, -0.15) is 5.26 Å². The molecule has 4 saturated heterocycles. The Kier molecular flexibility index (Phi) is 7.02. The number of furan rings is 1. The van der Waals surface area contributed by atoms with Crippen LogP contribution in [0.3, 0.4) is 0 Å². The van der Waals surface area contributed by atoms with Crippen LogP contribution in [0.1, 0.15) is 41.6 Å². The van der Waals surface area contributed by atoms with Gasteiger partial charge in [-0.3, -0.25) is 9.78 Å². The Bertz CT molecular complexity index is 1680. The van der Waals surface area contributed by atoms with Gasteiger partial charge in [0.05, 0.1) is 42.7 Å². The third kappa shape index (κ3) is 4.87. The minimum Gasteiger partial charge on any atom is -0.496 e. The van der Waals surface area contributed by atoms with Gasteiger partial charge in [0.25, 0.3) is 5.91 Å². The zero-order valence-electron chi connectivity index (χ0n) is 23.5. The van der Waals surface area contributed by atoms with Gasteiger partial charge in [-0.15, -0.1) is 0 Å². The zero-order chi connectivity index (χ0) is 28.6. The van der Waals surface area contributed by atoms with Crippen LogP contribution in [0.4, 0.5) is 5.69 Å². The summed E-state index contributed by atoms with van der Waals surface area (Å²) in [6, 6.07) is 17.9. The number of pyridine rings is 1. The minimum atomic E-state index is -0.00513. The predicted octanol–water partition coefficient (Wildman–Crippen LogP) is 5.64. The van der Waals surface area contributed by atoms with Crippen LogP contribution < -0.4 is 10.1 Å². The van der Waals surface area contributed by atoms with E-state index < -0.39 is 0 Å². The average molecular weight is 565 g/mol. The fraction of sp³-hybridized carbons (Fsp3) is 0.364. The van der Waals surface area contributed by atoms with Gasteiger partial charge in [-0.1, -0.05) is 6.07 Å². The number of anilines is 1. The zero-order valence-corrected chi connectivity index (χ0v) is 23.5. The van der Waals surface area contributed by atoms with Gasteiger partial charge in [-0.05, 0) is 67.6 Å². The number of carbonyl (C=O) groups is 1. The number of nitriles is 1. The first-order chi connectivity index (χ1) is 20.6. The van der Waals surface area contributed by atoms with Gasteiger partial charge in [0, 0.05) is 49.2 Å². The maximum absolute atomic E-state index is 13.4. The quantitative estimate of drug-likeness (QED) is 0.321. The van der Waals surface area contributed by atoms with Crippen molar-refractivity contribution in [3.63, 3.8) is 0 Å². The van der Waals surface area contributed by atoms with Crippen molar-refractivity contribution < 1.29 is 23.4 Å². The standard InChI is InChI=1S/C33H32N4O5/c1-39-30-15-21(33(38)37-18-25-5-4-24(37)19-41-25)2-6-27(30)31-16-29-32(42-31)26(8-11-35-29)20-3-7-28(22(14-20)17-34)36-23-9-12-40-13-10-23/h2-3,6-8,11,14-16,23-25,36H,4-5,9-10,12-13,18-19H2,1H3. The molecule has 2 bridgehead atoms. The van der Waals surface area contributed by atoms with E-state index >= 15 is 0 Å². The molecular weight excluding hydrogens is 532 g/mol. The fourth-order valence-electron chi connectivity index (χ4n) is 6.28. The molecule has 0 radical (unpaired) electrons. The van der Waals surface area contributed by atoms with Gasteiger partial charge in [0.15, 0.2) is 5.58 Å². The van der Waals surface area contributed by atoms with E-state index in [9.17, 15) is 10.1 Å². The van der Waals surface area contributed by atoms with E-state index in [1.165, 1.54) is 0 Å². The van der Waals surface area contributed by atoms with Gasteiger partial charge < -0.3 is 28.8 Å². The molecule has 2 unspecified atom stereocenters. The lowest BCUT2D eigenvalue weighted by Gasteiger charge is -2.45. The van der Waals surface area contributed by atoms with Crippen molar-refractivity contribution >= 4 is 22.7 Å². The first-order valence-electron chi connectivity index (χ1n) is 14.5. The molecule has 9 heteroatoms. The first-order valence-corrected chi connectivity index (χ1v) is 14.5. The molecule has 1 amide bonds. The summed E-state index contributed by atoms with van der Waals surface area (Å²) in [4.78, 5) is 19.9. The van der Waals surface area contributed by atoms with Crippen molar-refractivity contribution in [2.24, 2.45) is 0 Å². The second-order valence-corrected chi connectivity index (χ2v) is 11.1. The largest absolute Gasteiger partial charge is 0.496 e. The SMILES string of the molecule is COc1cc(C(=O)N2CC3CCC2CO3)ccc1-c1cc2nccc(-c3ccc(NC4CCOCC4)c(C#N)c3)c2o1. The monoisotopic (exact) mass is 564 g/mol. The highest BCUT2D eigenvalue weighted by molar-refractivity contribution is 5.97. The number of fused-ring (bicyclic) bond motifs is 4. The Labute approximate surface area is 244 Å². The van der Waals surface area contributed by atoms with Crippen LogP contribution in [-0.4, -0.2) is 67.5 Å². The molecule has 2 aromatic carbocycles. The number of hydrogen-bond donors (Lipinski definition) is 1. The van der Waals surface area contributed by atoms with Gasteiger partial charge >= 0.3 is 0 Å². The Morgan fingerprint density at radius 2 is 1.95 bits per heavy atom. The predicted molar refractivity (Wildman–Crippen MR) is 157 cm³/mol. The molecule has 4 aliphatic heterocycles. The van der Waals surface area contributed by atoms with Crippen LogP contribution in [-0.2, 0) is 9.47 Å². The summed E-state index contributed by atoms with van der Waals surface area (Å²) < 4.78 is 23.4. The molecule has 8 rings (SSSR count). The van der Waals surface area contributed by atoms with Crippen molar-refractivity contribution in [3.05, 3.63) is 65.9 Å². The van der Waals surface area contributed by atoms with Crippen LogP contribution in [0.5, 0.6) is 5.75 Å². The number of hydrogen-bond acceptors (Lipinski definition) is 8. The number of rotatable bonds is 6. The number of nitrogens with one attached hydrogen (secondary N) is 1. The van der Waals surface area contributed by atoms with E-state index in [0.29, 0.717) is 46.9 Å². The molecule has 2 aromatic heterocycles. The number of amides is 1. The molecule has 2 atom stereocenters. The number of ether oxygens (including phenoxy) is 3. The van der Waals surface area contributed by atoms with Crippen molar-refractivity contribution in [1.29, 1.82) is 5.26 Å². The molecule has 0 aliphatic carbocycles. The lowest BCUT2D eigenvalue weighted by molar-refractivity contribution is -0.0915. The summed E-state index contributed by atoms with van der Waals surface area (Å²) in [5.41, 5.74) is 5.73. The Balaban J connectivity index is 1.19. The number of morpholine rings is 1. The molecule has 0 saturated carbocycles. The number of benzene rings is 2. The maximum atomic E-state index is 13.4. The van der Waals surface area contributed by atoms with Gasteiger partial charge in [-0.25, -0.2) is 0 Å². The van der Waals surface area contributed by atoms with E-state index in [1.54, 1.807) is 19.4 Å². The summed E-state index contributed by atoms with van der Waals surface area (Å²) >= 11 is 0. The summed E-state index contributed by atoms with van der Waals surface area (Å²) in [6.45, 7) is 2.69. The summed E-state index contributed by atoms with van der Waals surface area (Å²) in [6.07, 6.45) is 5.69. The van der Waals surface area contributed by atoms with Gasteiger partial charge in [0.2, 0.25) is 0 Å². The molecular formula is C33H32N4O5. The summed E-state index contributed by atoms with van der Waals surface area (Å²) in [5.74, 6) is 1.13. The summed E-state index contributed by atoms with van der Waals surface area (Å²) in [7, 11) is 1.59. The van der Waals surface area contributed by atoms with E-state index in [0.717, 1.165) is 61.3 Å². The molecule has 6 heterocycles. The van der Waals surface area contributed by atoms with E-state index in [-0.39, 0.29) is 24.1 Å². The van der Waals surface area contributed by atoms with Crippen LogP contribution in [0, 0.1) is 11.3 Å². The smallest absolute Gasteiger partial charge is 0.254 e. The molecule has 0 spiro atoms. The highest BCUT2D eigenvalue weighted by Gasteiger charge is 2.37. The second kappa shape index (κ2) is 11.1. The molecule has 214 valence electrons. The van der Waals surface area contributed by atoms with Crippen LogP contribution in [0.25, 0.3) is 33.6 Å². The third-order valence-electron chi connectivity index (χ3n) is 8.61. The van der Waals surface area contributed by atoms with Crippen LogP contribution in [0.15, 0.2) is 59.1 Å². The van der Waals surface area contributed by atoms with E-state index in [2.05, 4.69) is 16.4 Å². The van der Waals surface area contributed by atoms with Crippen LogP contribution >= 0.6 is 0 Å². The molecule has 4 fully saturated rings. The lowest BCUT2D eigenvalue weighted by atomic mass is 9.96. The fourth-order valence-corrected chi connectivity index (χ4v) is 6.28. The Hall–Kier alpha value is -4.39. The topological polar surface area (TPSA) is 110 Å². The molecule has 1 N–H and O–H groups in total. The molecule has 42 heavy (non-hydrogen) atoms. The van der Waals surface area contributed by atoms with Crippen molar-refractivity contribution in [3.8, 4) is 34.3 Å². The van der Waals surface area contributed by atoms with E-state index in [1.807, 2.05) is 47.4 Å². The van der Waals surface area contributed by atoms with Crippen LogP contribution in [0.2, 0.25) is 0 Å². The number of carbonyl (C=O) groups excluding carboxylic acids is 1. The number of methoxy groups -OCH3 is 1. The molecule has 4 aliphatic rings. The number of aromatic nitrogens is 1. The molecule has 4 aromatic rings. The highest BCUT2D eigenvalue weighted by Crippen LogP contribution is 2.39. The normalized spacial score (nSPS) is 20.4. The van der Waals surface area contributed by atoms with Crippen molar-refractivity contribution in [2.75, 3.05) is 38.8 Å². The number of nitrogens with zero attached hydrogens (tertiary/aromatic N) is 3. The maximum Gasteiger partial charge on any atom is 0.254 e. The van der Waals surface area contributed by atoms with Gasteiger partial charge in [0.1, 0.15) is 23.1 Å². The van der Waals surface area contributed by atoms with Crippen molar-refractivity contribution in [2.45, 2.75) is 43.9 Å². The summed E-state index contributed by atoms with van der Waals surface area (Å²) in [5, 5.41) is 13.4. The Morgan fingerprint density at radius 1 is 1.07 bits per heavy atom. The van der Waals surface area contributed by atoms with Crippen molar-refractivity contribution in [1.82, 2.24) is 9.88 Å². The Morgan fingerprint density at radius 3 is 2.69 bits per heavy atom. The average Bonchev–Trinajstić information content (AvgIpc) is 3.50. The van der Waals surface area contributed by atoms with E-state index in [4.69, 9.17) is 18.6 Å². The number of piperidine rings is 1.